The monoisotopic (exact) mass is 533 g/mol. The Hall–Kier alpha value is -2.58. The molecule has 1 atom stereocenters. The molecule has 0 radical (unpaired) electrons. The quantitative estimate of drug-likeness (QED) is 0.454. The first-order valence-electron chi connectivity index (χ1n) is 12.4. The molecular weight excluding hydrogens is 498 g/mol. The van der Waals surface area contributed by atoms with Crippen LogP contribution in [0.5, 0.6) is 0 Å². The van der Waals surface area contributed by atoms with Gasteiger partial charge in [-0.1, -0.05) is 54.8 Å². The van der Waals surface area contributed by atoms with E-state index in [9.17, 15) is 18.0 Å². The van der Waals surface area contributed by atoms with Gasteiger partial charge >= 0.3 is 0 Å². The Balaban J connectivity index is 1.72. The number of hydrogen-bond donors (Lipinski definition) is 1. The summed E-state index contributed by atoms with van der Waals surface area (Å²) >= 11 is 6.02. The second-order valence-electron chi connectivity index (χ2n) is 9.54. The topological polar surface area (TPSA) is 86.8 Å². The lowest BCUT2D eigenvalue weighted by Gasteiger charge is -2.30. The summed E-state index contributed by atoms with van der Waals surface area (Å²) in [4.78, 5) is 28.0. The second-order valence-corrected chi connectivity index (χ2v) is 11.9. The molecule has 1 aliphatic carbocycles. The molecule has 1 saturated carbocycles. The number of carbonyl (C=O) groups is 2. The molecule has 0 heterocycles. The van der Waals surface area contributed by atoms with Gasteiger partial charge in [-0.3, -0.25) is 13.9 Å². The first-order valence-corrected chi connectivity index (χ1v) is 14.7. The summed E-state index contributed by atoms with van der Waals surface area (Å²) in [5.41, 5.74) is 2.32. The van der Waals surface area contributed by atoms with E-state index in [2.05, 4.69) is 5.32 Å². The number of sulfonamides is 1. The maximum Gasteiger partial charge on any atom is 0.242 e. The van der Waals surface area contributed by atoms with Gasteiger partial charge in [0.15, 0.2) is 0 Å². The van der Waals surface area contributed by atoms with Crippen LogP contribution in [0.4, 0.5) is 5.69 Å². The summed E-state index contributed by atoms with van der Waals surface area (Å²) in [7, 11) is -3.52. The maximum atomic E-state index is 13.4. The molecule has 9 heteroatoms. The number of anilines is 1. The Morgan fingerprint density at radius 2 is 1.72 bits per heavy atom. The van der Waals surface area contributed by atoms with Gasteiger partial charge in [0.2, 0.25) is 21.8 Å². The molecule has 2 aromatic rings. The Morgan fingerprint density at radius 1 is 1.08 bits per heavy atom. The third-order valence-corrected chi connectivity index (χ3v) is 8.10. The third-order valence-electron chi connectivity index (χ3n) is 6.67. The van der Waals surface area contributed by atoms with E-state index in [0.29, 0.717) is 17.1 Å². The normalized spacial score (nSPS) is 14.9. The molecule has 1 N–H and O–H groups in total. The molecule has 3 rings (SSSR count). The number of aryl methyl sites for hydroxylation is 1. The lowest BCUT2D eigenvalue weighted by molar-refractivity contribution is -0.141. The van der Waals surface area contributed by atoms with E-state index in [1.807, 2.05) is 31.2 Å². The fraction of sp³-hybridized carbons (Fsp3) is 0.481. The molecule has 2 amide bonds. The minimum absolute atomic E-state index is 0.118. The van der Waals surface area contributed by atoms with Crippen LogP contribution < -0.4 is 9.62 Å². The Kier molecular flexibility index (Phi) is 9.79. The highest BCUT2D eigenvalue weighted by atomic mass is 35.5. The molecule has 36 heavy (non-hydrogen) atoms. The zero-order valence-electron chi connectivity index (χ0n) is 21.2. The van der Waals surface area contributed by atoms with Crippen LogP contribution in [0.25, 0.3) is 0 Å². The summed E-state index contributed by atoms with van der Waals surface area (Å²) < 4.78 is 26.3. The number of amides is 2. The predicted molar refractivity (Wildman–Crippen MR) is 144 cm³/mol. The number of nitrogens with zero attached hydrogens (tertiary/aromatic N) is 2. The van der Waals surface area contributed by atoms with Gasteiger partial charge in [-0.05, 0) is 62.4 Å². The number of benzene rings is 2. The van der Waals surface area contributed by atoms with Crippen LogP contribution >= 0.6 is 11.6 Å². The van der Waals surface area contributed by atoms with E-state index >= 15 is 0 Å². The standard InChI is InChI=1S/C27H36ClN3O4S/c1-20-9-4-7-12-25(20)31(36(3,34)35)18-8-13-26(32)30(19-22-14-16-23(28)17-15-22)21(2)27(33)29-24-10-5-6-11-24/h4,7,9,12,14-17,21,24H,5-6,8,10-11,13,18-19H2,1-3H3,(H,29,33)/t21-/m1/s1. The van der Waals surface area contributed by atoms with Crippen LogP contribution in [0.15, 0.2) is 48.5 Å². The van der Waals surface area contributed by atoms with E-state index in [-0.39, 0.29) is 37.4 Å². The van der Waals surface area contributed by atoms with Crippen molar-refractivity contribution in [3.63, 3.8) is 0 Å². The number of para-hydroxylation sites is 1. The molecule has 1 aliphatic rings. The van der Waals surface area contributed by atoms with Crippen LogP contribution in [-0.2, 0) is 26.2 Å². The molecule has 0 aromatic heterocycles. The molecule has 196 valence electrons. The molecule has 2 aromatic carbocycles. The van der Waals surface area contributed by atoms with E-state index in [1.54, 1.807) is 36.1 Å². The number of nitrogens with one attached hydrogen (secondary N) is 1. The van der Waals surface area contributed by atoms with Crippen LogP contribution in [-0.4, -0.2) is 50.0 Å². The van der Waals surface area contributed by atoms with Gasteiger partial charge in [0.1, 0.15) is 6.04 Å². The Morgan fingerprint density at radius 3 is 2.33 bits per heavy atom. The van der Waals surface area contributed by atoms with Gasteiger partial charge in [-0.2, -0.15) is 0 Å². The largest absolute Gasteiger partial charge is 0.352 e. The molecule has 0 bridgehead atoms. The van der Waals surface area contributed by atoms with E-state index in [0.717, 1.165) is 36.8 Å². The molecule has 0 saturated heterocycles. The highest BCUT2D eigenvalue weighted by molar-refractivity contribution is 7.92. The molecule has 0 spiro atoms. The first kappa shape index (κ1) is 28.0. The van der Waals surface area contributed by atoms with E-state index in [1.165, 1.54) is 10.6 Å². The van der Waals surface area contributed by atoms with Crippen molar-refractivity contribution in [2.24, 2.45) is 0 Å². The van der Waals surface area contributed by atoms with Gasteiger partial charge in [-0.25, -0.2) is 8.42 Å². The van der Waals surface area contributed by atoms with Crippen LogP contribution in [0.1, 0.15) is 56.6 Å². The number of rotatable bonds is 11. The average Bonchev–Trinajstić information content (AvgIpc) is 3.34. The Bertz CT molecular complexity index is 1150. The smallest absolute Gasteiger partial charge is 0.242 e. The highest BCUT2D eigenvalue weighted by Gasteiger charge is 2.29. The highest BCUT2D eigenvalue weighted by Crippen LogP contribution is 2.23. The molecule has 7 nitrogen and oxygen atoms in total. The lowest BCUT2D eigenvalue weighted by Crippen LogP contribution is -2.49. The molecule has 0 aliphatic heterocycles. The molecule has 1 fully saturated rings. The summed E-state index contributed by atoms with van der Waals surface area (Å²) in [5, 5.41) is 3.69. The van der Waals surface area contributed by atoms with Crippen molar-refractivity contribution in [3.05, 3.63) is 64.7 Å². The van der Waals surface area contributed by atoms with Crippen molar-refractivity contribution in [2.45, 2.75) is 71.0 Å². The minimum Gasteiger partial charge on any atom is -0.352 e. The number of halogens is 1. The van der Waals surface area contributed by atoms with Crippen LogP contribution in [0.3, 0.4) is 0 Å². The summed E-state index contributed by atoms with van der Waals surface area (Å²) in [6.45, 7) is 4.04. The van der Waals surface area contributed by atoms with Crippen molar-refractivity contribution in [1.29, 1.82) is 0 Å². The summed E-state index contributed by atoms with van der Waals surface area (Å²) in [6, 6.07) is 14.0. The van der Waals surface area contributed by atoms with Crippen molar-refractivity contribution < 1.29 is 18.0 Å². The van der Waals surface area contributed by atoms with Crippen molar-refractivity contribution in [2.75, 3.05) is 17.1 Å². The van der Waals surface area contributed by atoms with Crippen LogP contribution in [0, 0.1) is 6.92 Å². The average molecular weight is 534 g/mol. The SMILES string of the molecule is Cc1ccccc1N(CCCC(=O)N(Cc1ccc(Cl)cc1)[C@H](C)C(=O)NC1CCCC1)S(C)(=O)=O. The maximum absolute atomic E-state index is 13.4. The molecule has 0 unspecified atom stereocenters. The first-order chi connectivity index (χ1) is 17.1. The van der Waals surface area contributed by atoms with Crippen molar-refractivity contribution >= 4 is 39.1 Å². The van der Waals surface area contributed by atoms with Gasteiger partial charge in [0, 0.05) is 30.6 Å². The van der Waals surface area contributed by atoms with Gasteiger partial charge < -0.3 is 10.2 Å². The lowest BCUT2D eigenvalue weighted by atomic mass is 10.1. The predicted octanol–water partition coefficient (Wildman–Crippen LogP) is 4.67. The van der Waals surface area contributed by atoms with E-state index < -0.39 is 16.1 Å². The third kappa shape index (κ3) is 7.71. The summed E-state index contributed by atoms with van der Waals surface area (Å²) in [5.74, 6) is -0.362. The minimum atomic E-state index is -3.52. The second kappa shape index (κ2) is 12.6. The Labute approximate surface area is 219 Å². The van der Waals surface area contributed by atoms with E-state index in [4.69, 9.17) is 11.6 Å². The van der Waals surface area contributed by atoms with Crippen molar-refractivity contribution in [1.82, 2.24) is 10.2 Å². The fourth-order valence-corrected chi connectivity index (χ4v) is 5.74. The molecular formula is C27H36ClN3O4S. The van der Waals surface area contributed by atoms with Crippen molar-refractivity contribution in [3.8, 4) is 0 Å². The number of hydrogen-bond acceptors (Lipinski definition) is 4. The summed E-state index contributed by atoms with van der Waals surface area (Å²) in [6.07, 6.45) is 5.74. The number of carbonyl (C=O) groups excluding carboxylic acids is 2. The fourth-order valence-electron chi connectivity index (χ4n) is 4.59. The van der Waals surface area contributed by atoms with Gasteiger partial charge in [0.25, 0.3) is 0 Å². The van der Waals surface area contributed by atoms with Gasteiger partial charge in [0.05, 0.1) is 11.9 Å². The zero-order valence-corrected chi connectivity index (χ0v) is 22.8. The van der Waals surface area contributed by atoms with Crippen LogP contribution in [0.2, 0.25) is 5.02 Å². The van der Waals surface area contributed by atoms with Gasteiger partial charge in [-0.15, -0.1) is 0 Å². The zero-order chi connectivity index (χ0) is 26.3.